The summed E-state index contributed by atoms with van der Waals surface area (Å²) in [6.07, 6.45) is 0. The van der Waals surface area contributed by atoms with Crippen LogP contribution in [0, 0.1) is 18.6 Å². The molecule has 0 saturated carbocycles. The number of halogens is 2. The molecule has 2 aromatic rings. The topological polar surface area (TPSA) is 51.2 Å². The Morgan fingerprint density at radius 3 is 2.90 bits per heavy atom. The lowest BCUT2D eigenvalue weighted by Crippen LogP contribution is -2.09. The van der Waals surface area contributed by atoms with Crippen molar-refractivity contribution >= 4 is 22.5 Å². The Labute approximate surface area is 124 Å². The molecule has 0 spiro atoms. The third-order valence-corrected chi connectivity index (χ3v) is 3.69. The Balaban J connectivity index is 2.17. The first kappa shape index (κ1) is 15.4. The minimum absolute atomic E-state index is 0.0532. The van der Waals surface area contributed by atoms with E-state index >= 15 is 0 Å². The smallest absolute Gasteiger partial charge is 0.343 e. The molecule has 0 unspecified atom stereocenters. The molecule has 0 aliphatic rings. The lowest BCUT2D eigenvalue weighted by atomic mass is 10.2. The molecule has 1 heterocycles. The number of rotatable bonds is 5. The summed E-state index contributed by atoms with van der Waals surface area (Å²) < 4.78 is 35.7. The van der Waals surface area contributed by atoms with Gasteiger partial charge in [0.25, 0.3) is 0 Å². The number of hydrogen-bond donors (Lipinski definition) is 1. The van der Waals surface area contributed by atoms with Crippen LogP contribution < -0.4 is 5.32 Å². The normalized spacial score (nSPS) is 10.5. The summed E-state index contributed by atoms with van der Waals surface area (Å²) in [5, 5.41) is 3.39. The number of carbonyl (C=O) groups is 1. The number of anilines is 1. The monoisotopic (exact) mass is 312 g/mol. The van der Waals surface area contributed by atoms with E-state index in [1.807, 2.05) is 0 Å². The average Bonchev–Trinajstić information content (AvgIpc) is 2.81. The van der Waals surface area contributed by atoms with Gasteiger partial charge in [-0.05, 0) is 43.6 Å². The van der Waals surface area contributed by atoms with Crippen LogP contribution in [0.15, 0.2) is 18.2 Å². The van der Waals surface area contributed by atoms with Gasteiger partial charge in [0.15, 0.2) is 0 Å². The molecule has 0 fully saturated rings. The number of aromatic nitrogens is 1. The lowest BCUT2D eigenvalue weighted by Gasteiger charge is -2.08. The van der Waals surface area contributed by atoms with E-state index < -0.39 is 17.6 Å². The van der Waals surface area contributed by atoms with E-state index in [4.69, 9.17) is 4.74 Å². The molecule has 112 valence electrons. The summed E-state index contributed by atoms with van der Waals surface area (Å²) in [7, 11) is 0. The van der Waals surface area contributed by atoms with Gasteiger partial charge in [-0.25, -0.2) is 13.6 Å². The first-order chi connectivity index (χ1) is 10.0. The molecule has 0 saturated heterocycles. The average molecular weight is 312 g/mol. The minimum atomic E-state index is -0.515. The Bertz CT molecular complexity index is 658. The van der Waals surface area contributed by atoms with Gasteiger partial charge in [0.05, 0.1) is 12.3 Å². The van der Waals surface area contributed by atoms with Gasteiger partial charge in [-0.2, -0.15) is 4.37 Å². The van der Waals surface area contributed by atoms with Crippen LogP contribution in [0.2, 0.25) is 0 Å². The third-order valence-electron chi connectivity index (χ3n) is 2.79. The van der Waals surface area contributed by atoms with Gasteiger partial charge in [-0.3, -0.25) is 0 Å². The first-order valence-electron chi connectivity index (χ1n) is 6.34. The van der Waals surface area contributed by atoms with Gasteiger partial charge >= 0.3 is 5.97 Å². The summed E-state index contributed by atoms with van der Waals surface area (Å²) in [6.45, 7) is 3.71. The molecule has 0 amide bonds. The van der Waals surface area contributed by atoms with E-state index in [1.165, 1.54) is 0 Å². The Morgan fingerprint density at radius 2 is 2.19 bits per heavy atom. The largest absolute Gasteiger partial charge is 0.462 e. The molecule has 0 aliphatic heterocycles. The van der Waals surface area contributed by atoms with Gasteiger partial charge in [-0.1, -0.05) is 0 Å². The fourth-order valence-corrected chi connectivity index (χ4v) is 2.57. The van der Waals surface area contributed by atoms with Crippen molar-refractivity contribution in [1.29, 1.82) is 0 Å². The van der Waals surface area contributed by atoms with E-state index in [9.17, 15) is 13.6 Å². The predicted octanol–water partition coefficient (Wildman–Crippen LogP) is 3.52. The molecule has 1 aromatic heterocycles. The van der Waals surface area contributed by atoms with E-state index in [-0.39, 0.29) is 18.7 Å². The molecule has 0 aliphatic carbocycles. The lowest BCUT2D eigenvalue weighted by molar-refractivity contribution is 0.0527. The molecule has 21 heavy (non-hydrogen) atoms. The van der Waals surface area contributed by atoms with Crippen LogP contribution in [0.25, 0.3) is 0 Å². The Kier molecular flexibility index (Phi) is 4.85. The highest BCUT2D eigenvalue weighted by atomic mass is 32.1. The molecule has 0 radical (unpaired) electrons. The maximum Gasteiger partial charge on any atom is 0.343 e. The van der Waals surface area contributed by atoms with Crippen molar-refractivity contribution in [3.63, 3.8) is 0 Å². The molecule has 2 rings (SSSR count). The fraction of sp³-hybridized carbons (Fsp3) is 0.286. The van der Waals surface area contributed by atoms with E-state index in [2.05, 4.69) is 9.69 Å². The number of benzene rings is 1. The van der Waals surface area contributed by atoms with Crippen LogP contribution >= 0.6 is 11.5 Å². The van der Waals surface area contributed by atoms with Crippen molar-refractivity contribution in [3.8, 4) is 0 Å². The van der Waals surface area contributed by atoms with Gasteiger partial charge in [0.1, 0.15) is 22.2 Å². The zero-order valence-corrected chi connectivity index (χ0v) is 12.4. The fourth-order valence-electron chi connectivity index (χ4n) is 1.79. The summed E-state index contributed by atoms with van der Waals surface area (Å²) in [5.41, 5.74) is 1.05. The van der Waals surface area contributed by atoms with E-state index in [1.54, 1.807) is 13.8 Å². The minimum Gasteiger partial charge on any atom is -0.462 e. The van der Waals surface area contributed by atoms with Crippen LogP contribution in [0.1, 0.15) is 28.5 Å². The van der Waals surface area contributed by atoms with Crippen molar-refractivity contribution < 1.29 is 18.3 Å². The number of aryl methyl sites for hydroxylation is 1. The van der Waals surface area contributed by atoms with Crippen molar-refractivity contribution in [2.24, 2.45) is 0 Å². The van der Waals surface area contributed by atoms with Crippen molar-refractivity contribution in [2.45, 2.75) is 20.4 Å². The number of ether oxygens (including phenoxy) is 1. The summed E-state index contributed by atoms with van der Waals surface area (Å²) in [5.74, 6) is -1.51. The molecule has 7 heteroatoms. The highest BCUT2D eigenvalue weighted by molar-refractivity contribution is 7.10. The maximum absolute atomic E-state index is 13.5. The number of nitrogens with one attached hydrogen (secondary N) is 1. The highest BCUT2D eigenvalue weighted by Crippen LogP contribution is 2.26. The zero-order chi connectivity index (χ0) is 15.4. The third kappa shape index (κ3) is 3.55. The van der Waals surface area contributed by atoms with Gasteiger partial charge < -0.3 is 10.1 Å². The molecule has 0 atom stereocenters. The van der Waals surface area contributed by atoms with Crippen molar-refractivity contribution in [3.05, 3.63) is 46.7 Å². The second kappa shape index (κ2) is 6.62. The second-order valence-corrected chi connectivity index (χ2v) is 5.06. The van der Waals surface area contributed by atoms with Crippen LogP contribution in [-0.4, -0.2) is 16.9 Å². The summed E-state index contributed by atoms with van der Waals surface area (Å²) in [4.78, 5) is 11.9. The van der Waals surface area contributed by atoms with Crippen LogP contribution in [-0.2, 0) is 11.3 Å². The first-order valence-corrected chi connectivity index (χ1v) is 7.11. The Hall–Kier alpha value is -2.02. The number of esters is 1. The molecule has 1 aromatic carbocycles. The molecule has 0 bridgehead atoms. The maximum atomic E-state index is 13.5. The zero-order valence-electron chi connectivity index (χ0n) is 11.6. The second-order valence-electron chi connectivity index (χ2n) is 4.28. The standard InChI is InChI=1S/C14H14F2N2O2S/c1-3-20-14(19)12-8(2)18-21-13(12)17-7-9-6-10(15)4-5-11(9)16/h4-6,17H,3,7H2,1-2H3. The number of nitrogens with zero attached hydrogens (tertiary/aromatic N) is 1. The molecule has 4 nitrogen and oxygen atoms in total. The molecular weight excluding hydrogens is 298 g/mol. The van der Waals surface area contributed by atoms with Crippen LogP contribution in [0.4, 0.5) is 13.8 Å². The van der Waals surface area contributed by atoms with Crippen LogP contribution in [0.3, 0.4) is 0 Å². The number of hydrogen-bond acceptors (Lipinski definition) is 5. The predicted molar refractivity (Wildman–Crippen MR) is 76.5 cm³/mol. The van der Waals surface area contributed by atoms with Gasteiger partial charge in [-0.15, -0.1) is 0 Å². The molecule has 1 N–H and O–H groups in total. The van der Waals surface area contributed by atoms with E-state index in [0.717, 1.165) is 29.7 Å². The molecular formula is C14H14F2N2O2S. The van der Waals surface area contributed by atoms with Crippen molar-refractivity contribution in [2.75, 3.05) is 11.9 Å². The Morgan fingerprint density at radius 1 is 1.43 bits per heavy atom. The quantitative estimate of drug-likeness (QED) is 0.858. The summed E-state index contributed by atoms with van der Waals surface area (Å²) in [6, 6.07) is 3.23. The highest BCUT2D eigenvalue weighted by Gasteiger charge is 2.19. The number of carbonyl (C=O) groups excluding carboxylic acids is 1. The van der Waals surface area contributed by atoms with E-state index in [0.29, 0.717) is 16.3 Å². The van der Waals surface area contributed by atoms with Crippen LogP contribution in [0.5, 0.6) is 0 Å². The van der Waals surface area contributed by atoms with Crippen molar-refractivity contribution in [1.82, 2.24) is 4.37 Å². The van der Waals surface area contributed by atoms with Gasteiger partial charge in [0.2, 0.25) is 0 Å². The summed E-state index contributed by atoms with van der Waals surface area (Å²) >= 11 is 1.08. The van der Waals surface area contributed by atoms with Gasteiger partial charge in [0, 0.05) is 12.1 Å². The SMILES string of the molecule is CCOC(=O)c1c(C)nsc1NCc1cc(F)ccc1F.